The molecule has 1 unspecified atom stereocenters. The van der Waals surface area contributed by atoms with Gasteiger partial charge in [-0.15, -0.1) is 11.3 Å². The quantitative estimate of drug-likeness (QED) is 0.834. The number of halogens is 1. The van der Waals surface area contributed by atoms with Gasteiger partial charge < -0.3 is 5.32 Å². The predicted octanol–water partition coefficient (Wildman–Crippen LogP) is 4.54. The van der Waals surface area contributed by atoms with Gasteiger partial charge in [0.05, 0.1) is 5.56 Å². The van der Waals surface area contributed by atoms with E-state index in [1.807, 2.05) is 0 Å². The molecular weight excluding hydrogens is 323 g/mol. The van der Waals surface area contributed by atoms with Crippen LogP contribution in [0.25, 0.3) is 6.08 Å². The number of rotatable bonds is 3. The van der Waals surface area contributed by atoms with E-state index in [9.17, 15) is 14.4 Å². The summed E-state index contributed by atoms with van der Waals surface area (Å²) in [4.78, 5) is 13.3. The highest BCUT2D eigenvalue weighted by Gasteiger charge is 2.24. The molecule has 3 nitrogen and oxygen atoms in total. The first-order chi connectivity index (χ1) is 11.6. The summed E-state index contributed by atoms with van der Waals surface area (Å²) in [6.45, 7) is 2.21. The highest BCUT2D eigenvalue weighted by molar-refractivity contribution is 7.16. The Labute approximate surface area is 144 Å². The third-order valence-corrected chi connectivity index (χ3v) is 5.33. The van der Waals surface area contributed by atoms with Crippen LogP contribution < -0.4 is 5.32 Å². The summed E-state index contributed by atoms with van der Waals surface area (Å²) in [6, 6.07) is 8.13. The van der Waals surface area contributed by atoms with Crippen LogP contribution in [0.1, 0.15) is 34.9 Å². The minimum atomic E-state index is -0.311. The fraction of sp³-hybridized carbons (Fsp3) is 0.263. The summed E-state index contributed by atoms with van der Waals surface area (Å²) in [5, 5.41) is 12.9. The molecule has 1 aromatic heterocycles. The Morgan fingerprint density at radius 1 is 1.42 bits per heavy atom. The normalized spacial score (nSPS) is 16.6. The van der Waals surface area contributed by atoms with Crippen molar-refractivity contribution in [1.29, 1.82) is 5.26 Å². The zero-order valence-electron chi connectivity index (χ0n) is 13.3. The molecule has 0 saturated carbocycles. The number of anilines is 1. The molecule has 1 N–H and O–H groups in total. The minimum Gasteiger partial charge on any atom is -0.313 e. The van der Waals surface area contributed by atoms with Crippen molar-refractivity contribution in [2.75, 3.05) is 5.32 Å². The third kappa shape index (κ3) is 3.55. The van der Waals surface area contributed by atoms with Crippen LogP contribution in [-0.2, 0) is 17.6 Å². The van der Waals surface area contributed by atoms with Crippen molar-refractivity contribution in [3.63, 3.8) is 0 Å². The summed E-state index contributed by atoms with van der Waals surface area (Å²) in [7, 11) is 0. The Kier molecular flexibility index (Phi) is 4.77. The van der Waals surface area contributed by atoms with Gasteiger partial charge in [-0.3, -0.25) is 4.79 Å². The lowest BCUT2D eigenvalue weighted by Crippen LogP contribution is -2.10. The van der Waals surface area contributed by atoms with Crippen LogP contribution in [0.2, 0.25) is 0 Å². The number of amides is 1. The summed E-state index contributed by atoms with van der Waals surface area (Å²) < 4.78 is 12.9. The van der Waals surface area contributed by atoms with Gasteiger partial charge in [0.1, 0.15) is 16.9 Å². The van der Waals surface area contributed by atoms with Crippen LogP contribution >= 0.6 is 11.3 Å². The Morgan fingerprint density at radius 3 is 2.88 bits per heavy atom. The zero-order valence-corrected chi connectivity index (χ0v) is 14.1. The highest BCUT2D eigenvalue weighted by atomic mass is 32.1. The number of nitriles is 1. The topological polar surface area (TPSA) is 52.9 Å². The molecule has 1 aromatic carbocycles. The molecule has 1 aliphatic carbocycles. The van der Waals surface area contributed by atoms with Gasteiger partial charge in [-0.1, -0.05) is 19.1 Å². The van der Waals surface area contributed by atoms with Crippen molar-refractivity contribution in [3.8, 4) is 6.07 Å². The molecule has 122 valence electrons. The van der Waals surface area contributed by atoms with Crippen molar-refractivity contribution < 1.29 is 9.18 Å². The van der Waals surface area contributed by atoms with Gasteiger partial charge in [0.2, 0.25) is 5.91 Å². The number of benzene rings is 1. The zero-order chi connectivity index (χ0) is 17.1. The molecule has 2 aromatic rings. The van der Waals surface area contributed by atoms with Gasteiger partial charge in [0.25, 0.3) is 0 Å². The van der Waals surface area contributed by atoms with Crippen LogP contribution in [0.3, 0.4) is 0 Å². The predicted molar refractivity (Wildman–Crippen MR) is 94.3 cm³/mol. The Balaban J connectivity index is 1.75. The van der Waals surface area contributed by atoms with Crippen LogP contribution in [0.15, 0.2) is 30.3 Å². The molecular formula is C19H17FN2OS. The molecule has 0 saturated heterocycles. The molecule has 5 heteroatoms. The Morgan fingerprint density at radius 2 is 2.17 bits per heavy atom. The van der Waals surface area contributed by atoms with E-state index in [4.69, 9.17) is 0 Å². The van der Waals surface area contributed by atoms with E-state index in [0.29, 0.717) is 16.5 Å². The standard InChI is InChI=1S/C19H17FN2OS/c1-12-2-8-15-16(11-21)19(24-17(15)10-12)22-18(23)9-5-13-3-6-14(20)7-4-13/h3-7,9,12H,2,8,10H2,1H3,(H,22,23)/b9-5-. The van der Waals surface area contributed by atoms with E-state index in [2.05, 4.69) is 18.3 Å². The maximum absolute atomic E-state index is 12.9. The van der Waals surface area contributed by atoms with Crippen molar-refractivity contribution >= 4 is 28.3 Å². The third-order valence-electron chi connectivity index (χ3n) is 4.16. The van der Waals surface area contributed by atoms with Crippen LogP contribution in [0.5, 0.6) is 0 Å². The van der Waals surface area contributed by atoms with Gasteiger partial charge >= 0.3 is 0 Å². The van der Waals surface area contributed by atoms with E-state index in [1.54, 1.807) is 18.2 Å². The highest BCUT2D eigenvalue weighted by Crippen LogP contribution is 2.39. The Hall–Kier alpha value is -2.45. The lowest BCUT2D eigenvalue weighted by molar-refractivity contribution is -0.111. The fourth-order valence-corrected chi connectivity index (χ4v) is 4.22. The number of carbonyl (C=O) groups excluding carboxylic acids is 1. The second-order valence-electron chi connectivity index (χ2n) is 6.04. The number of nitrogens with one attached hydrogen (secondary N) is 1. The van der Waals surface area contributed by atoms with Crippen molar-refractivity contribution in [2.24, 2.45) is 5.92 Å². The number of fused-ring (bicyclic) bond motifs is 1. The fourth-order valence-electron chi connectivity index (χ4n) is 2.86. The first-order valence-electron chi connectivity index (χ1n) is 7.86. The maximum atomic E-state index is 12.9. The van der Waals surface area contributed by atoms with Crippen LogP contribution in [0.4, 0.5) is 9.39 Å². The van der Waals surface area contributed by atoms with Gasteiger partial charge in [0.15, 0.2) is 0 Å². The molecule has 3 rings (SSSR count). The summed E-state index contributed by atoms with van der Waals surface area (Å²) in [5.41, 5.74) is 2.44. The number of hydrogen-bond donors (Lipinski definition) is 1. The molecule has 0 aliphatic heterocycles. The van der Waals surface area contributed by atoms with Gasteiger partial charge in [-0.25, -0.2) is 4.39 Å². The Bertz CT molecular complexity index is 830. The number of nitrogens with zero attached hydrogens (tertiary/aromatic N) is 1. The van der Waals surface area contributed by atoms with Crippen LogP contribution in [0, 0.1) is 23.1 Å². The largest absolute Gasteiger partial charge is 0.313 e. The first kappa shape index (κ1) is 16.4. The second kappa shape index (κ2) is 6.98. The smallest absolute Gasteiger partial charge is 0.249 e. The molecule has 24 heavy (non-hydrogen) atoms. The van der Waals surface area contributed by atoms with Gasteiger partial charge in [0, 0.05) is 11.0 Å². The molecule has 0 fully saturated rings. The summed E-state index contributed by atoms with van der Waals surface area (Å²) in [6.07, 6.45) is 5.97. The van der Waals surface area contributed by atoms with E-state index in [-0.39, 0.29) is 11.7 Å². The molecule has 1 aliphatic rings. The number of carbonyl (C=O) groups is 1. The van der Waals surface area contributed by atoms with Crippen LogP contribution in [-0.4, -0.2) is 5.91 Å². The average molecular weight is 340 g/mol. The maximum Gasteiger partial charge on any atom is 0.249 e. The molecule has 0 spiro atoms. The lowest BCUT2D eigenvalue weighted by atomic mass is 9.89. The van der Waals surface area contributed by atoms with Gasteiger partial charge in [-0.2, -0.15) is 5.26 Å². The lowest BCUT2D eigenvalue weighted by Gasteiger charge is -2.17. The monoisotopic (exact) mass is 340 g/mol. The van der Waals surface area contributed by atoms with Crippen molar-refractivity contribution in [3.05, 3.63) is 57.7 Å². The molecule has 1 amide bonds. The first-order valence-corrected chi connectivity index (χ1v) is 8.67. The van der Waals surface area contributed by atoms with E-state index < -0.39 is 0 Å². The van der Waals surface area contributed by atoms with E-state index in [1.165, 1.54) is 34.4 Å². The van der Waals surface area contributed by atoms with E-state index >= 15 is 0 Å². The van der Waals surface area contributed by atoms with Gasteiger partial charge in [-0.05, 0) is 54.5 Å². The van der Waals surface area contributed by atoms with Crippen molar-refractivity contribution in [2.45, 2.75) is 26.2 Å². The van der Waals surface area contributed by atoms with E-state index in [0.717, 1.165) is 30.4 Å². The number of hydrogen-bond acceptors (Lipinski definition) is 3. The molecule has 0 radical (unpaired) electrons. The SMILES string of the molecule is CC1CCc2c(sc(NC(=O)/C=C\c3ccc(F)cc3)c2C#N)C1. The summed E-state index contributed by atoms with van der Waals surface area (Å²) in [5.74, 6) is 0.0146. The number of thiophene rings is 1. The molecule has 1 atom stereocenters. The molecule has 1 heterocycles. The molecule has 0 bridgehead atoms. The summed E-state index contributed by atoms with van der Waals surface area (Å²) >= 11 is 1.50. The minimum absolute atomic E-state index is 0.289. The van der Waals surface area contributed by atoms with Crippen molar-refractivity contribution in [1.82, 2.24) is 0 Å². The average Bonchev–Trinajstić information content (AvgIpc) is 2.90. The second-order valence-corrected chi connectivity index (χ2v) is 7.15.